The molecule has 2 nitrogen and oxygen atoms in total. The summed E-state index contributed by atoms with van der Waals surface area (Å²) in [6.07, 6.45) is 1.18. The Kier molecular flexibility index (Phi) is 4.46. The zero-order chi connectivity index (χ0) is 13.6. The van der Waals surface area contributed by atoms with E-state index in [0.717, 1.165) is 26.2 Å². The smallest absolute Gasteiger partial charge is 0.0364 e. The minimum atomic E-state index is 0.520. The predicted octanol–water partition coefficient (Wildman–Crippen LogP) is 3.22. The Labute approximate surface area is 121 Å². The monoisotopic (exact) mass is 266 g/mol. The van der Waals surface area contributed by atoms with Crippen LogP contribution in [0.4, 0.5) is 0 Å². The lowest BCUT2D eigenvalue weighted by molar-refractivity contribution is 0.199. The highest BCUT2D eigenvalue weighted by atomic mass is 15.2. The van der Waals surface area contributed by atoms with Crippen molar-refractivity contribution in [3.63, 3.8) is 0 Å². The highest BCUT2D eigenvalue weighted by molar-refractivity contribution is 5.21. The van der Waals surface area contributed by atoms with Crippen LogP contribution in [0.2, 0.25) is 0 Å². The first-order chi connectivity index (χ1) is 9.93. The number of rotatable bonds is 3. The average Bonchev–Trinajstić information content (AvgIpc) is 2.75. The van der Waals surface area contributed by atoms with Crippen molar-refractivity contribution in [1.29, 1.82) is 0 Å². The molecule has 0 aromatic heterocycles. The summed E-state index contributed by atoms with van der Waals surface area (Å²) >= 11 is 0. The SMILES string of the molecule is c1ccc(CN2CCNCCC2c2ccccc2)cc1. The Morgan fingerprint density at radius 2 is 1.60 bits per heavy atom. The fourth-order valence-electron chi connectivity index (χ4n) is 2.98. The summed E-state index contributed by atoms with van der Waals surface area (Å²) in [7, 11) is 0. The Bertz CT molecular complexity index is 509. The minimum Gasteiger partial charge on any atom is -0.315 e. The number of hydrogen-bond donors (Lipinski definition) is 1. The van der Waals surface area contributed by atoms with Gasteiger partial charge in [-0.15, -0.1) is 0 Å². The van der Waals surface area contributed by atoms with E-state index in [4.69, 9.17) is 0 Å². The molecular formula is C18H22N2. The van der Waals surface area contributed by atoms with Crippen LogP contribution in [0.1, 0.15) is 23.6 Å². The van der Waals surface area contributed by atoms with Crippen molar-refractivity contribution in [3.8, 4) is 0 Å². The minimum absolute atomic E-state index is 0.520. The third kappa shape index (κ3) is 3.27. The van der Waals surface area contributed by atoms with E-state index in [1.807, 2.05) is 0 Å². The standard InChI is InChI=1S/C18H22N2/c1-3-7-16(8-4-1)15-20-14-13-19-12-11-18(20)17-9-5-2-6-10-17/h1-10,18-19H,11-15H2. The molecule has 1 atom stereocenters. The molecule has 2 aromatic carbocycles. The molecule has 1 fully saturated rings. The molecule has 104 valence electrons. The second-order valence-electron chi connectivity index (χ2n) is 5.42. The van der Waals surface area contributed by atoms with Crippen LogP contribution < -0.4 is 5.32 Å². The van der Waals surface area contributed by atoms with E-state index < -0.39 is 0 Å². The Morgan fingerprint density at radius 3 is 2.35 bits per heavy atom. The van der Waals surface area contributed by atoms with E-state index in [1.165, 1.54) is 17.5 Å². The van der Waals surface area contributed by atoms with Gasteiger partial charge in [0.15, 0.2) is 0 Å². The van der Waals surface area contributed by atoms with Crippen LogP contribution >= 0.6 is 0 Å². The summed E-state index contributed by atoms with van der Waals surface area (Å²) in [5.41, 5.74) is 2.84. The molecule has 0 radical (unpaired) electrons. The maximum Gasteiger partial charge on any atom is 0.0364 e. The quantitative estimate of drug-likeness (QED) is 0.917. The van der Waals surface area contributed by atoms with Crippen molar-refractivity contribution in [2.75, 3.05) is 19.6 Å². The molecule has 0 bridgehead atoms. The highest BCUT2D eigenvalue weighted by Gasteiger charge is 2.22. The third-order valence-corrected chi connectivity index (χ3v) is 4.02. The molecule has 1 unspecified atom stereocenters. The van der Waals surface area contributed by atoms with E-state index in [-0.39, 0.29) is 0 Å². The normalized spacial score (nSPS) is 20.5. The van der Waals surface area contributed by atoms with Gasteiger partial charge >= 0.3 is 0 Å². The fourth-order valence-corrected chi connectivity index (χ4v) is 2.98. The highest BCUT2D eigenvalue weighted by Crippen LogP contribution is 2.26. The molecule has 20 heavy (non-hydrogen) atoms. The first-order valence-electron chi connectivity index (χ1n) is 7.47. The maximum absolute atomic E-state index is 3.52. The molecule has 0 spiro atoms. The average molecular weight is 266 g/mol. The lowest BCUT2D eigenvalue weighted by Crippen LogP contribution is -2.30. The molecule has 2 heteroatoms. The van der Waals surface area contributed by atoms with E-state index in [0.29, 0.717) is 6.04 Å². The lowest BCUT2D eigenvalue weighted by Gasteiger charge is -2.30. The summed E-state index contributed by atoms with van der Waals surface area (Å²) in [6, 6.07) is 22.2. The molecule has 1 heterocycles. The van der Waals surface area contributed by atoms with Gasteiger partial charge in [-0.3, -0.25) is 4.90 Å². The predicted molar refractivity (Wildman–Crippen MR) is 83.5 cm³/mol. The Hall–Kier alpha value is -1.64. The van der Waals surface area contributed by atoms with Crippen molar-refractivity contribution in [1.82, 2.24) is 10.2 Å². The molecule has 3 rings (SSSR count). The van der Waals surface area contributed by atoms with Crippen LogP contribution in [0.3, 0.4) is 0 Å². The summed E-state index contributed by atoms with van der Waals surface area (Å²) in [6.45, 7) is 4.32. The van der Waals surface area contributed by atoms with Crippen molar-refractivity contribution in [2.45, 2.75) is 19.0 Å². The van der Waals surface area contributed by atoms with Gasteiger partial charge in [0, 0.05) is 25.7 Å². The third-order valence-electron chi connectivity index (χ3n) is 4.02. The van der Waals surface area contributed by atoms with Crippen molar-refractivity contribution in [2.24, 2.45) is 0 Å². The number of nitrogens with zero attached hydrogens (tertiary/aromatic N) is 1. The van der Waals surface area contributed by atoms with E-state index in [2.05, 4.69) is 70.9 Å². The summed E-state index contributed by atoms with van der Waals surface area (Å²) < 4.78 is 0. The topological polar surface area (TPSA) is 15.3 Å². The molecule has 1 N–H and O–H groups in total. The molecule has 0 saturated carbocycles. The van der Waals surface area contributed by atoms with Crippen LogP contribution in [-0.2, 0) is 6.54 Å². The number of benzene rings is 2. The second kappa shape index (κ2) is 6.69. The molecule has 1 aliphatic rings. The van der Waals surface area contributed by atoms with Gasteiger partial charge in [0.2, 0.25) is 0 Å². The van der Waals surface area contributed by atoms with Gasteiger partial charge in [-0.25, -0.2) is 0 Å². The summed E-state index contributed by atoms with van der Waals surface area (Å²) in [5.74, 6) is 0. The largest absolute Gasteiger partial charge is 0.315 e. The van der Waals surface area contributed by atoms with Gasteiger partial charge in [-0.05, 0) is 24.1 Å². The first kappa shape index (κ1) is 13.3. The Morgan fingerprint density at radius 1 is 0.900 bits per heavy atom. The van der Waals surface area contributed by atoms with E-state index in [9.17, 15) is 0 Å². The molecule has 0 aliphatic carbocycles. The number of nitrogens with one attached hydrogen (secondary N) is 1. The van der Waals surface area contributed by atoms with Crippen molar-refractivity contribution in [3.05, 3.63) is 71.8 Å². The zero-order valence-corrected chi connectivity index (χ0v) is 11.8. The van der Waals surface area contributed by atoms with Gasteiger partial charge in [0.1, 0.15) is 0 Å². The van der Waals surface area contributed by atoms with Crippen molar-refractivity contribution < 1.29 is 0 Å². The van der Waals surface area contributed by atoms with Crippen LogP contribution in [0.15, 0.2) is 60.7 Å². The van der Waals surface area contributed by atoms with Gasteiger partial charge in [0.05, 0.1) is 0 Å². The molecule has 0 amide bonds. The van der Waals surface area contributed by atoms with Gasteiger partial charge < -0.3 is 5.32 Å². The first-order valence-corrected chi connectivity index (χ1v) is 7.47. The van der Waals surface area contributed by atoms with Crippen LogP contribution in [0.5, 0.6) is 0 Å². The van der Waals surface area contributed by atoms with Crippen LogP contribution in [0.25, 0.3) is 0 Å². The van der Waals surface area contributed by atoms with Crippen LogP contribution in [0, 0.1) is 0 Å². The summed E-state index contributed by atoms with van der Waals surface area (Å²) in [4.78, 5) is 2.60. The number of hydrogen-bond acceptors (Lipinski definition) is 2. The van der Waals surface area contributed by atoms with Crippen molar-refractivity contribution >= 4 is 0 Å². The Balaban J connectivity index is 1.81. The van der Waals surface area contributed by atoms with Crippen LogP contribution in [-0.4, -0.2) is 24.5 Å². The summed E-state index contributed by atoms with van der Waals surface area (Å²) in [5, 5.41) is 3.52. The van der Waals surface area contributed by atoms with Gasteiger partial charge in [-0.1, -0.05) is 60.7 Å². The van der Waals surface area contributed by atoms with Gasteiger partial charge in [-0.2, -0.15) is 0 Å². The maximum atomic E-state index is 3.52. The molecular weight excluding hydrogens is 244 g/mol. The van der Waals surface area contributed by atoms with E-state index in [1.54, 1.807) is 0 Å². The molecule has 1 saturated heterocycles. The second-order valence-corrected chi connectivity index (χ2v) is 5.42. The van der Waals surface area contributed by atoms with E-state index >= 15 is 0 Å². The molecule has 2 aromatic rings. The fraction of sp³-hybridized carbons (Fsp3) is 0.333. The zero-order valence-electron chi connectivity index (χ0n) is 11.8. The van der Waals surface area contributed by atoms with Gasteiger partial charge in [0.25, 0.3) is 0 Å². The lowest BCUT2D eigenvalue weighted by atomic mass is 10.0. The molecule has 1 aliphatic heterocycles.